The number of nitrogens with one attached hydrogen (secondary N) is 1. The minimum atomic E-state index is -3.50. The Kier molecular flexibility index (Phi) is 9.91. The predicted octanol–water partition coefficient (Wildman–Crippen LogP) is 3.86. The van der Waals surface area contributed by atoms with Gasteiger partial charge in [0.1, 0.15) is 6.04 Å². The van der Waals surface area contributed by atoms with Crippen LogP contribution < -0.4 is 9.62 Å². The Bertz CT molecular complexity index is 1060. The van der Waals surface area contributed by atoms with Crippen LogP contribution in [-0.4, -0.2) is 50.5 Å². The summed E-state index contributed by atoms with van der Waals surface area (Å²) in [6.07, 6.45) is 1.62. The summed E-state index contributed by atoms with van der Waals surface area (Å²) in [6.45, 7) is 6.38. The van der Waals surface area contributed by atoms with E-state index >= 15 is 0 Å². The molecule has 33 heavy (non-hydrogen) atoms. The largest absolute Gasteiger partial charge is 0.355 e. The lowest BCUT2D eigenvalue weighted by atomic mass is 10.1. The highest BCUT2D eigenvalue weighted by molar-refractivity contribution is 9.10. The molecule has 0 aliphatic heterocycles. The van der Waals surface area contributed by atoms with Gasteiger partial charge in [-0.15, -0.1) is 0 Å². The first-order valence-electron chi connectivity index (χ1n) is 10.9. The molecule has 1 N–H and O–H groups in total. The lowest BCUT2D eigenvalue weighted by Gasteiger charge is -2.29. The molecule has 0 heterocycles. The van der Waals surface area contributed by atoms with Crippen molar-refractivity contribution in [2.45, 2.75) is 46.2 Å². The van der Waals surface area contributed by atoms with Crippen LogP contribution >= 0.6 is 15.9 Å². The predicted molar refractivity (Wildman–Crippen MR) is 135 cm³/mol. The summed E-state index contributed by atoms with van der Waals surface area (Å²) in [5, 5.41) is 2.77. The zero-order valence-corrected chi connectivity index (χ0v) is 21.9. The number of hydrogen-bond acceptors (Lipinski definition) is 4. The maximum absolute atomic E-state index is 13.2. The SMILES string of the molecule is CCNC(=O)C(C)N(Cc1ccc(Br)cc1)C(=O)CCCN(c1cccc(C)c1)S(C)(=O)=O. The van der Waals surface area contributed by atoms with Gasteiger partial charge in [-0.3, -0.25) is 13.9 Å². The van der Waals surface area contributed by atoms with Crippen LogP contribution in [0.15, 0.2) is 53.0 Å². The van der Waals surface area contributed by atoms with Crippen LogP contribution in [-0.2, 0) is 26.2 Å². The molecule has 2 amide bonds. The summed E-state index contributed by atoms with van der Waals surface area (Å²) >= 11 is 3.40. The molecule has 1 unspecified atom stereocenters. The van der Waals surface area contributed by atoms with Crippen molar-refractivity contribution in [3.05, 3.63) is 64.1 Å². The number of likely N-dealkylation sites (N-methyl/N-ethyl adjacent to an activating group) is 1. The van der Waals surface area contributed by atoms with Gasteiger partial charge in [-0.05, 0) is 62.6 Å². The molecule has 9 heteroatoms. The number of anilines is 1. The Morgan fingerprint density at radius 2 is 1.79 bits per heavy atom. The first-order valence-corrected chi connectivity index (χ1v) is 13.5. The maximum Gasteiger partial charge on any atom is 0.242 e. The van der Waals surface area contributed by atoms with Gasteiger partial charge in [-0.1, -0.05) is 40.2 Å². The Morgan fingerprint density at radius 1 is 1.12 bits per heavy atom. The average Bonchev–Trinajstić information content (AvgIpc) is 2.75. The fourth-order valence-corrected chi connectivity index (χ4v) is 4.70. The number of carbonyl (C=O) groups is 2. The van der Waals surface area contributed by atoms with Crippen LogP contribution in [0.2, 0.25) is 0 Å². The second kappa shape index (κ2) is 12.2. The molecule has 7 nitrogen and oxygen atoms in total. The highest BCUT2D eigenvalue weighted by Crippen LogP contribution is 2.20. The molecule has 2 aromatic rings. The van der Waals surface area contributed by atoms with E-state index in [1.54, 1.807) is 24.0 Å². The van der Waals surface area contributed by atoms with Crippen molar-refractivity contribution in [1.29, 1.82) is 0 Å². The second-order valence-electron chi connectivity index (χ2n) is 8.00. The summed E-state index contributed by atoms with van der Waals surface area (Å²) in [6, 6.07) is 14.2. The van der Waals surface area contributed by atoms with Crippen LogP contribution in [0.1, 0.15) is 37.8 Å². The van der Waals surface area contributed by atoms with Crippen molar-refractivity contribution in [2.75, 3.05) is 23.7 Å². The molecule has 180 valence electrons. The zero-order chi connectivity index (χ0) is 24.6. The van der Waals surface area contributed by atoms with Gasteiger partial charge in [0.2, 0.25) is 21.8 Å². The van der Waals surface area contributed by atoms with Gasteiger partial charge in [-0.25, -0.2) is 8.42 Å². The van der Waals surface area contributed by atoms with Crippen LogP contribution in [0.5, 0.6) is 0 Å². The number of halogens is 1. The van der Waals surface area contributed by atoms with Crippen molar-refractivity contribution in [3.63, 3.8) is 0 Å². The number of nitrogens with zero attached hydrogens (tertiary/aromatic N) is 2. The van der Waals surface area contributed by atoms with E-state index in [0.29, 0.717) is 18.7 Å². The van der Waals surface area contributed by atoms with Gasteiger partial charge in [0, 0.05) is 30.5 Å². The topological polar surface area (TPSA) is 86.8 Å². The van der Waals surface area contributed by atoms with E-state index in [0.717, 1.165) is 21.9 Å². The van der Waals surface area contributed by atoms with Gasteiger partial charge in [0.25, 0.3) is 0 Å². The average molecular weight is 539 g/mol. The first kappa shape index (κ1) is 26.9. The van der Waals surface area contributed by atoms with E-state index in [2.05, 4.69) is 21.2 Å². The Hall–Kier alpha value is -2.39. The molecule has 0 aliphatic carbocycles. The fourth-order valence-electron chi connectivity index (χ4n) is 3.48. The Morgan fingerprint density at radius 3 is 2.36 bits per heavy atom. The van der Waals surface area contributed by atoms with Crippen molar-refractivity contribution in [1.82, 2.24) is 10.2 Å². The maximum atomic E-state index is 13.2. The van der Waals surface area contributed by atoms with E-state index < -0.39 is 16.1 Å². The monoisotopic (exact) mass is 537 g/mol. The highest BCUT2D eigenvalue weighted by Gasteiger charge is 2.26. The van der Waals surface area contributed by atoms with Gasteiger partial charge in [-0.2, -0.15) is 0 Å². The minimum absolute atomic E-state index is 0.123. The molecule has 0 aromatic heterocycles. The standard InChI is InChI=1S/C24H32BrN3O4S/c1-5-26-24(30)19(3)27(17-20-11-13-21(25)14-12-20)23(29)10-7-15-28(33(4,31)32)22-9-6-8-18(2)16-22/h6,8-9,11-14,16,19H,5,7,10,15,17H2,1-4H3,(H,26,30). The second-order valence-corrected chi connectivity index (χ2v) is 10.8. The molecule has 0 spiro atoms. The normalized spacial score (nSPS) is 12.2. The van der Waals surface area contributed by atoms with Crippen molar-refractivity contribution >= 4 is 43.5 Å². The molecule has 0 bridgehead atoms. The quantitative estimate of drug-likeness (QED) is 0.471. The summed E-state index contributed by atoms with van der Waals surface area (Å²) in [4.78, 5) is 27.2. The number of rotatable bonds is 11. The fraction of sp³-hybridized carbons (Fsp3) is 0.417. The molecular formula is C24H32BrN3O4S. The lowest BCUT2D eigenvalue weighted by Crippen LogP contribution is -2.47. The van der Waals surface area contributed by atoms with E-state index in [-0.39, 0.29) is 31.3 Å². The number of benzene rings is 2. The minimum Gasteiger partial charge on any atom is -0.355 e. The third-order valence-electron chi connectivity index (χ3n) is 5.23. The smallest absolute Gasteiger partial charge is 0.242 e. The van der Waals surface area contributed by atoms with Crippen LogP contribution in [0.4, 0.5) is 5.69 Å². The van der Waals surface area contributed by atoms with Crippen LogP contribution in [0, 0.1) is 6.92 Å². The number of hydrogen-bond donors (Lipinski definition) is 1. The molecular weight excluding hydrogens is 506 g/mol. The summed E-state index contributed by atoms with van der Waals surface area (Å²) < 4.78 is 27.0. The molecule has 0 aliphatic rings. The molecule has 1 atom stereocenters. The van der Waals surface area contributed by atoms with E-state index in [1.165, 1.54) is 4.31 Å². The van der Waals surface area contributed by atoms with E-state index in [4.69, 9.17) is 0 Å². The highest BCUT2D eigenvalue weighted by atomic mass is 79.9. The number of aryl methyl sites for hydroxylation is 1. The molecule has 2 rings (SSSR count). The van der Waals surface area contributed by atoms with Crippen LogP contribution in [0.25, 0.3) is 0 Å². The van der Waals surface area contributed by atoms with E-state index in [1.807, 2.05) is 50.2 Å². The van der Waals surface area contributed by atoms with Gasteiger partial charge >= 0.3 is 0 Å². The van der Waals surface area contributed by atoms with E-state index in [9.17, 15) is 18.0 Å². The van der Waals surface area contributed by atoms with Gasteiger partial charge in [0.15, 0.2) is 0 Å². The number of carbonyl (C=O) groups excluding carboxylic acids is 2. The number of sulfonamides is 1. The van der Waals surface area contributed by atoms with Crippen molar-refractivity contribution in [2.24, 2.45) is 0 Å². The molecule has 2 aromatic carbocycles. The third kappa shape index (κ3) is 8.16. The first-order chi connectivity index (χ1) is 15.5. The summed E-state index contributed by atoms with van der Waals surface area (Å²) in [5.41, 5.74) is 2.43. The van der Waals surface area contributed by atoms with Crippen LogP contribution in [0.3, 0.4) is 0 Å². The summed E-state index contributed by atoms with van der Waals surface area (Å²) in [7, 11) is -3.50. The zero-order valence-electron chi connectivity index (χ0n) is 19.5. The molecule has 0 saturated carbocycles. The summed E-state index contributed by atoms with van der Waals surface area (Å²) in [5.74, 6) is -0.421. The van der Waals surface area contributed by atoms with Gasteiger partial charge in [0.05, 0.1) is 11.9 Å². The molecule has 0 saturated heterocycles. The van der Waals surface area contributed by atoms with Gasteiger partial charge < -0.3 is 10.2 Å². The number of amides is 2. The third-order valence-corrected chi connectivity index (χ3v) is 6.95. The van der Waals surface area contributed by atoms with Crippen molar-refractivity contribution in [3.8, 4) is 0 Å². The van der Waals surface area contributed by atoms with Crippen molar-refractivity contribution < 1.29 is 18.0 Å². The molecule has 0 radical (unpaired) electrons. The lowest BCUT2D eigenvalue weighted by molar-refractivity contribution is -0.140. The Labute approximate surface area is 205 Å². The Balaban J connectivity index is 2.14. The molecule has 0 fully saturated rings.